The van der Waals surface area contributed by atoms with Gasteiger partial charge in [-0.2, -0.15) is 0 Å². The fraction of sp³-hybridized carbons (Fsp3) is 0.538. The number of amides is 1. The number of hydrogen-bond donors (Lipinski definition) is 2. The Morgan fingerprint density at radius 3 is 2.83 bits per heavy atom. The van der Waals surface area contributed by atoms with Crippen molar-refractivity contribution in [1.82, 2.24) is 4.98 Å². The third-order valence-corrected chi connectivity index (χ3v) is 2.27. The van der Waals surface area contributed by atoms with E-state index in [1.165, 1.54) is 6.20 Å². The second-order valence-corrected chi connectivity index (χ2v) is 4.55. The number of nitrogens with zero attached hydrogens (tertiary/aromatic N) is 1. The molecule has 0 atom stereocenters. The van der Waals surface area contributed by atoms with Crippen LogP contribution in [0.5, 0.6) is 0 Å². The SMILES string of the molecule is CC(C)COCCCNc1ccc(C(N)=O)cn1. The van der Waals surface area contributed by atoms with E-state index in [-0.39, 0.29) is 0 Å². The van der Waals surface area contributed by atoms with Crippen LogP contribution in [0.1, 0.15) is 30.6 Å². The molecule has 18 heavy (non-hydrogen) atoms. The molecule has 100 valence electrons. The Hall–Kier alpha value is -1.62. The first-order chi connectivity index (χ1) is 8.59. The van der Waals surface area contributed by atoms with Crippen molar-refractivity contribution in [2.75, 3.05) is 25.1 Å². The van der Waals surface area contributed by atoms with Gasteiger partial charge in [-0.05, 0) is 24.5 Å². The lowest BCUT2D eigenvalue weighted by Gasteiger charge is -2.08. The Morgan fingerprint density at radius 2 is 2.28 bits per heavy atom. The Kier molecular flexibility index (Phi) is 6.14. The molecule has 1 heterocycles. The van der Waals surface area contributed by atoms with E-state index in [9.17, 15) is 4.79 Å². The molecule has 1 amide bonds. The number of primary amides is 1. The summed E-state index contributed by atoms with van der Waals surface area (Å²) in [5, 5.41) is 3.16. The third-order valence-electron chi connectivity index (χ3n) is 2.27. The summed E-state index contributed by atoms with van der Waals surface area (Å²) in [5.41, 5.74) is 5.54. The number of hydrogen-bond acceptors (Lipinski definition) is 4. The van der Waals surface area contributed by atoms with Gasteiger partial charge < -0.3 is 15.8 Å². The number of rotatable bonds is 8. The van der Waals surface area contributed by atoms with Crippen molar-refractivity contribution in [3.8, 4) is 0 Å². The molecule has 1 aromatic rings. The molecule has 0 aliphatic rings. The van der Waals surface area contributed by atoms with Gasteiger partial charge in [0.05, 0.1) is 5.56 Å². The standard InChI is InChI=1S/C13H21N3O2/c1-10(2)9-18-7-3-6-15-12-5-4-11(8-16-12)13(14)17/h4-5,8,10H,3,6-7,9H2,1-2H3,(H2,14,17)(H,15,16). The van der Waals surface area contributed by atoms with Crippen molar-refractivity contribution in [2.45, 2.75) is 20.3 Å². The molecular formula is C13H21N3O2. The zero-order valence-corrected chi connectivity index (χ0v) is 11.0. The Balaban J connectivity index is 2.17. The number of anilines is 1. The highest BCUT2D eigenvalue weighted by Crippen LogP contribution is 2.04. The van der Waals surface area contributed by atoms with Gasteiger partial charge in [0.1, 0.15) is 5.82 Å². The molecular weight excluding hydrogens is 230 g/mol. The quantitative estimate of drug-likeness (QED) is 0.689. The summed E-state index contributed by atoms with van der Waals surface area (Å²) in [4.78, 5) is 14.9. The van der Waals surface area contributed by atoms with Gasteiger partial charge in [0.25, 0.3) is 0 Å². The van der Waals surface area contributed by atoms with Crippen molar-refractivity contribution in [3.63, 3.8) is 0 Å². The van der Waals surface area contributed by atoms with Crippen molar-refractivity contribution in [2.24, 2.45) is 11.7 Å². The highest BCUT2D eigenvalue weighted by Gasteiger charge is 2.00. The van der Waals surface area contributed by atoms with Crippen molar-refractivity contribution in [1.29, 1.82) is 0 Å². The van der Waals surface area contributed by atoms with Gasteiger partial charge in [0.15, 0.2) is 0 Å². The van der Waals surface area contributed by atoms with Crippen LogP contribution < -0.4 is 11.1 Å². The van der Waals surface area contributed by atoms with Crippen LogP contribution in [0.3, 0.4) is 0 Å². The van der Waals surface area contributed by atoms with E-state index in [2.05, 4.69) is 24.1 Å². The van der Waals surface area contributed by atoms with Crippen molar-refractivity contribution < 1.29 is 9.53 Å². The second-order valence-electron chi connectivity index (χ2n) is 4.55. The fourth-order valence-corrected chi connectivity index (χ4v) is 1.35. The van der Waals surface area contributed by atoms with Crippen molar-refractivity contribution >= 4 is 11.7 Å². The number of pyridine rings is 1. The molecule has 1 rings (SSSR count). The topological polar surface area (TPSA) is 77.2 Å². The van der Waals surface area contributed by atoms with Gasteiger partial charge >= 0.3 is 0 Å². The zero-order chi connectivity index (χ0) is 13.4. The molecule has 0 bridgehead atoms. The van der Waals surface area contributed by atoms with Gasteiger partial charge in [-0.3, -0.25) is 4.79 Å². The first-order valence-corrected chi connectivity index (χ1v) is 6.17. The van der Waals surface area contributed by atoms with Gasteiger partial charge in [-0.15, -0.1) is 0 Å². The van der Waals surface area contributed by atoms with Crippen molar-refractivity contribution in [3.05, 3.63) is 23.9 Å². The normalized spacial score (nSPS) is 10.6. The van der Waals surface area contributed by atoms with E-state index in [0.717, 1.165) is 32.0 Å². The van der Waals surface area contributed by atoms with E-state index in [4.69, 9.17) is 10.5 Å². The minimum absolute atomic E-state index is 0.417. The number of nitrogens with two attached hydrogens (primary N) is 1. The number of aromatic nitrogens is 1. The maximum atomic E-state index is 10.8. The van der Waals surface area contributed by atoms with E-state index in [0.29, 0.717) is 11.5 Å². The third kappa shape index (κ3) is 5.63. The molecule has 0 spiro atoms. The van der Waals surface area contributed by atoms with Gasteiger partial charge in [-0.25, -0.2) is 4.98 Å². The summed E-state index contributed by atoms with van der Waals surface area (Å²) in [6, 6.07) is 3.40. The van der Waals surface area contributed by atoms with Gasteiger partial charge in [0.2, 0.25) is 5.91 Å². The van der Waals surface area contributed by atoms with E-state index in [1.807, 2.05) is 0 Å². The van der Waals surface area contributed by atoms with Crippen LogP contribution in [0.4, 0.5) is 5.82 Å². The first kappa shape index (κ1) is 14.4. The Morgan fingerprint density at radius 1 is 1.50 bits per heavy atom. The van der Waals surface area contributed by atoms with E-state index >= 15 is 0 Å². The lowest BCUT2D eigenvalue weighted by Crippen LogP contribution is -2.12. The molecule has 0 fully saturated rings. The molecule has 5 heteroatoms. The predicted molar refractivity (Wildman–Crippen MR) is 71.5 cm³/mol. The fourth-order valence-electron chi connectivity index (χ4n) is 1.35. The average Bonchev–Trinajstić information content (AvgIpc) is 2.34. The highest BCUT2D eigenvalue weighted by molar-refractivity contribution is 5.92. The largest absolute Gasteiger partial charge is 0.381 e. The summed E-state index contributed by atoms with van der Waals surface area (Å²) in [6.07, 6.45) is 2.39. The number of ether oxygens (including phenoxy) is 1. The number of carbonyl (C=O) groups is 1. The number of nitrogens with one attached hydrogen (secondary N) is 1. The lowest BCUT2D eigenvalue weighted by atomic mass is 10.2. The smallest absolute Gasteiger partial charge is 0.250 e. The molecule has 0 aliphatic heterocycles. The molecule has 0 unspecified atom stereocenters. The first-order valence-electron chi connectivity index (χ1n) is 6.17. The monoisotopic (exact) mass is 251 g/mol. The van der Waals surface area contributed by atoms with E-state index < -0.39 is 5.91 Å². The van der Waals surface area contributed by atoms with E-state index in [1.54, 1.807) is 12.1 Å². The summed E-state index contributed by atoms with van der Waals surface area (Å²) in [5.74, 6) is 0.848. The molecule has 0 saturated carbocycles. The minimum atomic E-state index is -0.462. The zero-order valence-electron chi connectivity index (χ0n) is 11.0. The maximum absolute atomic E-state index is 10.8. The molecule has 1 aromatic heterocycles. The lowest BCUT2D eigenvalue weighted by molar-refractivity contribution is 0.1000. The Bertz CT molecular complexity index is 363. The molecule has 5 nitrogen and oxygen atoms in total. The number of carbonyl (C=O) groups excluding carboxylic acids is 1. The summed E-state index contributed by atoms with van der Waals surface area (Å²) >= 11 is 0. The summed E-state index contributed by atoms with van der Waals surface area (Å²) in [7, 11) is 0. The summed E-state index contributed by atoms with van der Waals surface area (Å²) < 4.78 is 5.46. The highest BCUT2D eigenvalue weighted by atomic mass is 16.5. The summed E-state index contributed by atoms with van der Waals surface area (Å²) in [6.45, 7) is 6.59. The van der Waals surface area contributed by atoms with Crippen LogP contribution in [-0.2, 0) is 4.74 Å². The molecule has 0 radical (unpaired) electrons. The van der Waals surface area contributed by atoms with Crippen LogP contribution in [0.25, 0.3) is 0 Å². The average molecular weight is 251 g/mol. The van der Waals surface area contributed by atoms with Gasteiger partial charge in [0, 0.05) is 26.0 Å². The van der Waals surface area contributed by atoms with Crippen LogP contribution in [0.15, 0.2) is 18.3 Å². The maximum Gasteiger partial charge on any atom is 0.250 e. The van der Waals surface area contributed by atoms with Crippen LogP contribution >= 0.6 is 0 Å². The van der Waals surface area contributed by atoms with Crippen LogP contribution in [0.2, 0.25) is 0 Å². The molecule has 3 N–H and O–H groups in total. The van der Waals surface area contributed by atoms with Crippen LogP contribution in [-0.4, -0.2) is 30.6 Å². The van der Waals surface area contributed by atoms with Crippen LogP contribution in [0, 0.1) is 5.92 Å². The minimum Gasteiger partial charge on any atom is -0.381 e. The predicted octanol–water partition coefficient (Wildman–Crippen LogP) is 1.66. The van der Waals surface area contributed by atoms with Gasteiger partial charge in [-0.1, -0.05) is 13.8 Å². The Labute approximate surface area is 108 Å². The molecule has 0 aliphatic carbocycles. The second kappa shape index (κ2) is 7.66. The molecule has 0 saturated heterocycles. The molecule has 0 aromatic carbocycles.